The van der Waals surface area contributed by atoms with Gasteiger partial charge in [0.25, 0.3) is 0 Å². The minimum absolute atomic E-state index is 0.0118. The van der Waals surface area contributed by atoms with Gasteiger partial charge in [-0.2, -0.15) is 5.10 Å². The van der Waals surface area contributed by atoms with Crippen molar-refractivity contribution in [3.8, 4) is 17.2 Å². The van der Waals surface area contributed by atoms with Crippen LogP contribution in [0.1, 0.15) is 15.9 Å². The maximum absolute atomic E-state index is 10.9. The van der Waals surface area contributed by atoms with Crippen LogP contribution in [0.4, 0.5) is 5.69 Å². The van der Waals surface area contributed by atoms with Crippen molar-refractivity contribution in [3.63, 3.8) is 0 Å². The molecule has 0 atom stereocenters. The summed E-state index contributed by atoms with van der Waals surface area (Å²) in [6.07, 6.45) is 1.47. The first-order chi connectivity index (χ1) is 10.9. The van der Waals surface area contributed by atoms with Crippen LogP contribution in [-0.4, -0.2) is 34.6 Å². The number of carboxylic acid groups (broad SMARTS) is 1. The number of hydrogen-bond donors (Lipinski definition) is 4. The molecule has 0 amide bonds. The summed E-state index contributed by atoms with van der Waals surface area (Å²) < 4.78 is 5.49. The first-order valence-corrected chi connectivity index (χ1v) is 7.13. The number of halogens is 1. The topological polar surface area (TPSA) is 111 Å². The molecular formula is C15H13BrN2O5. The standard InChI is InChI=1S/C15H13BrN2O5/c1-23-13-5-8(4-11(16)14(13)20)7-17-18-9-2-3-12(19)10(6-9)15(21)22/h2-7,18-20H,1H3,(H,21,22). The molecule has 8 heteroatoms. The number of benzene rings is 2. The summed E-state index contributed by atoms with van der Waals surface area (Å²) >= 11 is 3.20. The maximum Gasteiger partial charge on any atom is 0.339 e. The molecule has 0 fully saturated rings. The van der Waals surface area contributed by atoms with Gasteiger partial charge in [-0.05, 0) is 51.8 Å². The van der Waals surface area contributed by atoms with Crippen molar-refractivity contribution in [3.05, 3.63) is 45.9 Å². The summed E-state index contributed by atoms with van der Waals surface area (Å²) in [6, 6.07) is 7.25. The number of aromatic hydroxyl groups is 2. The van der Waals surface area contributed by atoms with Gasteiger partial charge in [0, 0.05) is 0 Å². The van der Waals surface area contributed by atoms with E-state index in [1.807, 2.05) is 0 Å². The Morgan fingerprint density at radius 1 is 1.30 bits per heavy atom. The average molecular weight is 381 g/mol. The van der Waals surface area contributed by atoms with Crippen molar-refractivity contribution in [2.24, 2.45) is 5.10 Å². The van der Waals surface area contributed by atoms with Gasteiger partial charge in [-0.15, -0.1) is 0 Å². The summed E-state index contributed by atoms with van der Waals surface area (Å²) in [6.45, 7) is 0. The Morgan fingerprint density at radius 2 is 2.04 bits per heavy atom. The Balaban J connectivity index is 2.18. The lowest BCUT2D eigenvalue weighted by Crippen LogP contribution is -1.99. The summed E-state index contributed by atoms with van der Waals surface area (Å²) in [5.74, 6) is -1.28. The van der Waals surface area contributed by atoms with E-state index in [1.54, 1.807) is 12.1 Å². The number of methoxy groups -OCH3 is 1. The molecule has 23 heavy (non-hydrogen) atoms. The van der Waals surface area contributed by atoms with Crippen LogP contribution in [0.2, 0.25) is 0 Å². The summed E-state index contributed by atoms with van der Waals surface area (Å²) in [5, 5.41) is 32.1. The predicted molar refractivity (Wildman–Crippen MR) is 88.6 cm³/mol. The van der Waals surface area contributed by atoms with Gasteiger partial charge < -0.3 is 20.1 Å². The second-order valence-electron chi connectivity index (χ2n) is 4.46. The normalized spacial score (nSPS) is 10.7. The molecule has 4 N–H and O–H groups in total. The van der Waals surface area contributed by atoms with E-state index >= 15 is 0 Å². The minimum Gasteiger partial charge on any atom is -0.507 e. The van der Waals surface area contributed by atoms with Crippen LogP contribution < -0.4 is 10.2 Å². The lowest BCUT2D eigenvalue weighted by molar-refractivity contribution is 0.0694. The van der Waals surface area contributed by atoms with Crippen LogP contribution in [0.25, 0.3) is 0 Å². The molecule has 0 saturated carbocycles. The number of phenolic OH excluding ortho intramolecular Hbond substituents is 1. The minimum atomic E-state index is -1.23. The molecular weight excluding hydrogens is 368 g/mol. The number of phenols is 2. The van der Waals surface area contributed by atoms with Gasteiger partial charge in [0.15, 0.2) is 11.5 Å². The summed E-state index contributed by atoms with van der Waals surface area (Å²) in [4.78, 5) is 10.9. The SMILES string of the molecule is COc1cc(C=NNc2ccc(O)c(C(=O)O)c2)cc(Br)c1O. The largest absolute Gasteiger partial charge is 0.507 e. The second-order valence-corrected chi connectivity index (χ2v) is 5.32. The van der Waals surface area contributed by atoms with Crippen molar-refractivity contribution in [1.29, 1.82) is 0 Å². The van der Waals surface area contributed by atoms with Crippen molar-refractivity contribution in [1.82, 2.24) is 0 Å². The molecule has 0 spiro atoms. The first kappa shape index (κ1) is 16.6. The Labute approximate surface area is 140 Å². The number of aromatic carboxylic acids is 1. The van der Waals surface area contributed by atoms with E-state index < -0.39 is 5.97 Å². The zero-order chi connectivity index (χ0) is 17.0. The number of carbonyl (C=O) groups is 1. The molecule has 0 heterocycles. The molecule has 0 aromatic heterocycles. The Morgan fingerprint density at radius 3 is 2.70 bits per heavy atom. The van der Waals surface area contributed by atoms with E-state index in [-0.39, 0.29) is 17.1 Å². The third kappa shape index (κ3) is 3.92. The highest BCUT2D eigenvalue weighted by atomic mass is 79.9. The quantitative estimate of drug-likeness (QED) is 0.360. The number of nitrogens with one attached hydrogen (secondary N) is 1. The van der Waals surface area contributed by atoms with Crippen LogP contribution in [-0.2, 0) is 0 Å². The molecule has 120 valence electrons. The van der Waals surface area contributed by atoms with Gasteiger partial charge in [0.05, 0.1) is 23.5 Å². The number of ether oxygens (including phenoxy) is 1. The summed E-state index contributed by atoms with van der Waals surface area (Å²) in [5.41, 5.74) is 3.49. The van der Waals surface area contributed by atoms with Crippen LogP contribution in [0, 0.1) is 0 Å². The number of rotatable bonds is 5. The molecule has 0 saturated heterocycles. The molecule has 7 nitrogen and oxygen atoms in total. The van der Waals surface area contributed by atoms with Crippen LogP contribution in [0.5, 0.6) is 17.2 Å². The molecule has 2 aromatic rings. The zero-order valence-electron chi connectivity index (χ0n) is 11.9. The highest BCUT2D eigenvalue weighted by Crippen LogP contribution is 2.34. The number of nitrogens with zero attached hydrogens (tertiary/aromatic N) is 1. The number of carboxylic acids is 1. The zero-order valence-corrected chi connectivity index (χ0v) is 13.5. The van der Waals surface area contributed by atoms with Crippen molar-refractivity contribution in [2.45, 2.75) is 0 Å². The second kappa shape index (κ2) is 7.01. The van der Waals surface area contributed by atoms with Crippen LogP contribution >= 0.6 is 15.9 Å². The Hall–Kier alpha value is -2.74. The van der Waals surface area contributed by atoms with Gasteiger partial charge >= 0.3 is 5.97 Å². The lowest BCUT2D eigenvalue weighted by atomic mass is 10.2. The third-order valence-corrected chi connectivity index (χ3v) is 3.51. The van der Waals surface area contributed by atoms with E-state index in [2.05, 4.69) is 26.5 Å². The van der Waals surface area contributed by atoms with E-state index in [1.165, 1.54) is 31.5 Å². The molecule has 0 bridgehead atoms. The van der Waals surface area contributed by atoms with Gasteiger partial charge in [-0.3, -0.25) is 5.43 Å². The van der Waals surface area contributed by atoms with Gasteiger partial charge in [0.1, 0.15) is 11.3 Å². The monoisotopic (exact) mass is 380 g/mol. The average Bonchev–Trinajstić information content (AvgIpc) is 2.51. The Kier molecular flexibility index (Phi) is 5.07. The highest BCUT2D eigenvalue weighted by molar-refractivity contribution is 9.10. The number of hydrogen-bond acceptors (Lipinski definition) is 6. The van der Waals surface area contributed by atoms with E-state index in [0.717, 1.165) is 0 Å². The number of hydrazone groups is 1. The van der Waals surface area contributed by atoms with Crippen molar-refractivity contribution >= 4 is 33.8 Å². The van der Waals surface area contributed by atoms with Crippen LogP contribution in [0.15, 0.2) is 39.9 Å². The Bertz CT molecular complexity index is 777. The highest BCUT2D eigenvalue weighted by Gasteiger charge is 2.10. The van der Waals surface area contributed by atoms with Crippen molar-refractivity contribution < 1.29 is 24.9 Å². The summed E-state index contributed by atoms with van der Waals surface area (Å²) in [7, 11) is 1.44. The van der Waals surface area contributed by atoms with Gasteiger partial charge in [-0.1, -0.05) is 0 Å². The molecule has 0 aliphatic rings. The van der Waals surface area contributed by atoms with Gasteiger partial charge in [-0.25, -0.2) is 4.79 Å². The smallest absolute Gasteiger partial charge is 0.339 e. The molecule has 0 radical (unpaired) electrons. The van der Waals surface area contributed by atoms with E-state index in [9.17, 15) is 15.0 Å². The molecule has 2 aromatic carbocycles. The fourth-order valence-electron chi connectivity index (χ4n) is 1.78. The molecule has 2 rings (SSSR count). The molecule has 0 aliphatic carbocycles. The maximum atomic E-state index is 10.9. The third-order valence-electron chi connectivity index (χ3n) is 2.90. The molecule has 0 unspecified atom stereocenters. The fourth-order valence-corrected chi connectivity index (χ4v) is 2.24. The molecule has 0 aliphatic heterocycles. The van der Waals surface area contributed by atoms with Crippen LogP contribution in [0.3, 0.4) is 0 Å². The van der Waals surface area contributed by atoms with E-state index in [0.29, 0.717) is 21.5 Å². The first-order valence-electron chi connectivity index (χ1n) is 6.34. The lowest BCUT2D eigenvalue weighted by Gasteiger charge is -2.06. The number of anilines is 1. The van der Waals surface area contributed by atoms with Crippen molar-refractivity contribution in [2.75, 3.05) is 12.5 Å². The fraction of sp³-hybridized carbons (Fsp3) is 0.0667. The van der Waals surface area contributed by atoms with Gasteiger partial charge in [0.2, 0.25) is 0 Å². The van der Waals surface area contributed by atoms with E-state index in [4.69, 9.17) is 9.84 Å². The predicted octanol–water partition coefficient (Wildman–Crippen LogP) is 3.01.